The van der Waals surface area contributed by atoms with Crippen LogP contribution in [0.2, 0.25) is 5.15 Å². The highest BCUT2D eigenvalue weighted by Crippen LogP contribution is 2.42. The van der Waals surface area contributed by atoms with E-state index >= 15 is 0 Å². The van der Waals surface area contributed by atoms with Crippen LogP contribution in [0.4, 0.5) is 13.2 Å². The fourth-order valence-corrected chi connectivity index (χ4v) is 3.84. The van der Waals surface area contributed by atoms with E-state index in [9.17, 15) is 13.2 Å². The third kappa shape index (κ3) is 3.75. The summed E-state index contributed by atoms with van der Waals surface area (Å²) in [5.41, 5.74) is -0.902. The van der Waals surface area contributed by atoms with Gasteiger partial charge in [0, 0.05) is 5.25 Å². The van der Waals surface area contributed by atoms with Gasteiger partial charge in [-0.25, -0.2) is 9.97 Å². The number of halogens is 4. The van der Waals surface area contributed by atoms with Crippen LogP contribution in [0.5, 0.6) is 0 Å². The first-order valence-electron chi connectivity index (χ1n) is 6.16. The normalized spacial score (nSPS) is 17.7. The number of hydrogen-bond acceptors (Lipinski definition) is 3. The standard InChI is InChI=1S/C12H14ClF3N2S/c1-7-17-10(12(14,15)16)9(11(13)18-7)19-8-5-3-2-4-6-8/h8H,2-6H2,1H3. The van der Waals surface area contributed by atoms with E-state index in [1.165, 1.54) is 18.7 Å². The van der Waals surface area contributed by atoms with Crippen molar-refractivity contribution < 1.29 is 13.2 Å². The van der Waals surface area contributed by atoms with Crippen LogP contribution in [-0.4, -0.2) is 15.2 Å². The first-order valence-corrected chi connectivity index (χ1v) is 7.41. The molecule has 0 bridgehead atoms. The monoisotopic (exact) mass is 310 g/mol. The highest BCUT2D eigenvalue weighted by atomic mass is 35.5. The zero-order valence-electron chi connectivity index (χ0n) is 10.4. The summed E-state index contributed by atoms with van der Waals surface area (Å²) < 4.78 is 39.0. The molecule has 0 N–H and O–H groups in total. The molecule has 7 heteroatoms. The van der Waals surface area contributed by atoms with Crippen molar-refractivity contribution in [3.05, 3.63) is 16.7 Å². The van der Waals surface area contributed by atoms with Crippen molar-refractivity contribution in [1.29, 1.82) is 0 Å². The molecule has 0 amide bonds. The Balaban J connectivity index is 2.32. The molecule has 0 aromatic carbocycles. The quantitative estimate of drug-likeness (QED) is 0.728. The summed E-state index contributed by atoms with van der Waals surface area (Å²) in [6.45, 7) is 1.41. The molecule has 1 aliphatic rings. The van der Waals surface area contributed by atoms with Crippen molar-refractivity contribution in [2.45, 2.75) is 55.3 Å². The zero-order valence-corrected chi connectivity index (χ0v) is 12.0. The van der Waals surface area contributed by atoms with Crippen molar-refractivity contribution in [2.24, 2.45) is 0 Å². The Morgan fingerprint density at radius 2 is 1.79 bits per heavy atom. The molecule has 1 aromatic rings. The lowest BCUT2D eigenvalue weighted by Gasteiger charge is -2.22. The lowest BCUT2D eigenvalue weighted by molar-refractivity contribution is -0.143. The predicted octanol–water partition coefficient (Wildman–Crippen LogP) is 4.88. The fourth-order valence-electron chi connectivity index (χ4n) is 2.17. The number of nitrogens with zero attached hydrogens (tertiary/aromatic N) is 2. The Bertz CT molecular complexity index is 459. The van der Waals surface area contributed by atoms with Crippen LogP contribution in [0, 0.1) is 6.92 Å². The molecule has 1 fully saturated rings. The van der Waals surface area contributed by atoms with Crippen LogP contribution in [-0.2, 0) is 6.18 Å². The van der Waals surface area contributed by atoms with Crippen molar-refractivity contribution in [1.82, 2.24) is 9.97 Å². The summed E-state index contributed by atoms with van der Waals surface area (Å²) >= 11 is 7.06. The Morgan fingerprint density at radius 3 is 2.37 bits per heavy atom. The number of rotatable bonds is 2. The maximum Gasteiger partial charge on any atom is 0.434 e. The van der Waals surface area contributed by atoms with Crippen LogP contribution in [0.1, 0.15) is 43.6 Å². The molecule has 1 aliphatic carbocycles. The molecule has 0 unspecified atom stereocenters. The topological polar surface area (TPSA) is 25.8 Å². The second-order valence-corrected chi connectivity index (χ2v) is 6.28. The molecule has 1 aromatic heterocycles. The predicted molar refractivity (Wildman–Crippen MR) is 69.5 cm³/mol. The van der Waals surface area contributed by atoms with Crippen LogP contribution >= 0.6 is 23.4 Å². The molecular weight excluding hydrogens is 297 g/mol. The first kappa shape index (κ1) is 14.9. The van der Waals surface area contributed by atoms with Crippen LogP contribution < -0.4 is 0 Å². The van der Waals surface area contributed by atoms with E-state index in [0.717, 1.165) is 32.1 Å². The van der Waals surface area contributed by atoms with Crippen LogP contribution in [0.25, 0.3) is 0 Å². The summed E-state index contributed by atoms with van der Waals surface area (Å²) in [5.74, 6) is 0.0466. The second-order valence-electron chi connectivity index (χ2n) is 4.61. The molecule has 1 heterocycles. The first-order chi connectivity index (χ1) is 8.88. The minimum absolute atomic E-state index is 0.0216. The minimum Gasteiger partial charge on any atom is -0.227 e. The largest absolute Gasteiger partial charge is 0.434 e. The summed E-state index contributed by atoms with van der Waals surface area (Å²) in [4.78, 5) is 7.35. The van der Waals surface area contributed by atoms with E-state index in [0.29, 0.717) is 0 Å². The van der Waals surface area contributed by atoms with Gasteiger partial charge in [0.05, 0.1) is 4.90 Å². The lowest BCUT2D eigenvalue weighted by Crippen LogP contribution is -2.15. The minimum atomic E-state index is -4.49. The SMILES string of the molecule is Cc1nc(Cl)c(SC2CCCCC2)c(C(F)(F)F)n1. The average molecular weight is 311 g/mol. The van der Waals surface area contributed by atoms with Crippen LogP contribution in [0.15, 0.2) is 4.90 Å². The summed E-state index contributed by atoms with van der Waals surface area (Å²) in [7, 11) is 0. The molecule has 0 saturated heterocycles. The van der Waals surface area contributed by atoms with Gasteiger partial charge in [0.2, 0.25) is 0 Å². The third-order valence-electron chi connectivity index (χ3n) is 3.04. The molecule has 2 nitrogen and oxygen atoms in total. The van der Waals surface area contributed by atoms with E-state index in [2.05, 4.69) is 9.97 Å². The van der Waals surface area contributed by atoms with Gasteiger partial charge >= 0.3 is 6.18 Å². The molecule has 0 aliphatic heterocycles. The third-order valence-corrected chi connectivity index (χ3v) is 4.85. The van der Waals surface area contributed by atoms with Crippen molar-refractivity contribution >= 4 is 23.4 Å². The van der Waals surface area contributed by atoms with E-state index < -0.39 is 11.9 Å². The van der Waals surface area contributed by atoms with E-state index in [1.807, 2.05) is 0 Å². The maximum absolute atomic E-state index is 13.0. The van der Waals surface area contributed by atoms with E-state index in [1.54, 1.807) is 0 Å². The molecule has 0 atom stereocenters. The van der Waals surface area contributed by atoms with Gasteiger partial charge < -0.3 is 0 Å². The van der Waals surface area contributed by atoms with Gasteiger partial charge in [-0.15, -0.1) is 11.8 Å². The number of hydrogen-bond donors (Lipinski definition) is 0. The number of aryl methyl sites for hydroxylation is 1. The zero-order chi connectivity index (χ0) is 14.0. The van der Waals surface area contributed by atoms with Crippen molar-refractivity contribution in [3.8, 4) is 0 Å². The van der Waals surface area contributed by atoms with E-state index in [-0.39, 0.29) is 21.1 Å². The summed E-state index contributed by atoms with van der Waals surface area (Å²) in [6.07, 6.45) is 0.626. The van der Waals surface area contributed by atoms with Gasteiger partial charge in [-0.2, -0.15) is 13.2 Å². The van der Waals surface area contributed by atoms with Crippen molar-refractivity contribution in [2.75, 3.05) is 0 Å². The lowest BCUT2D eigenvalue weighted by atomic mass is 10.0. The Labute approximate surface area is 119 Å². The average Bonchev–Trinajstić information content (AvgIpc) is 2.32. The Morgan fingerprint density at radius 1 is 1.16 bits per heavy atom. The summed E-state index contributed by atoms with van der Waals surface area (Å²) in [5, 5.41) is 0.0917. The Kier molecular flexibility index (Phi) is 4.61. The van der Waals surface area contributed by atoms with Gasteiger partial charge in [-0.1, -0.05) is 30.9 Å². The Hall–Kier alpha value is -0.490. The number of aromatic nitrogens is 2. The molecule has 19 heavy (non-hydrogen) atoms. The molecule has 1 saturated carbocycles. The molecule has 0 spiro atoms. The maximum atomic E-state index is 13.0. The summed E-state index contributed by atoms with van der Waals surface area (Å²) in [6, 6.07) is 0. The molecule has 0 radical (unpaired) electrons. The van der Waals surface area contributed by atoms with Gasteiger partial charge in [0.1, 0.15) is 11.0 Å². The number of alkyl halides is 3. The highest BCUT2D eigenvalue weighted by Gasteiger charge is 2.38. The van der Waals surface area contributed by atoms with Gasteiger partial charge in [-0.05, 0) is 19.8 Å². The second kappa shape index (κ2) is 5.87. The van der Waals surface area contributed by atoms with Gasteiger partial charge in [0.25, 0.3) is 0 Å². The molecule has 106 valence electrons. The fraction of sp³-hybridized carbons (Fsp3) is 0.667. The van der Waals surface area contributed by atoms with Gasteiger partial charge in [-0.3, -0.25) is 0 Å². The number of thioether (sulfide) groups is 1. The highest BCUT2D eigenvalue weighted by molar-refractivity contribution is 8.00. The van der Waals surface area contributed by atoms with Crippen LogP contribution in [0.3, 0.4) is 0 Å². The smallest absolute Gasteiger partial charge is 0.227 e. The molecular formula is C12H14ClF3N2S. The van der Waals surface area contributed by atoms with Gasteiger partial charge in [0.15, 0.2) is 5.69 Å². The van der Waals surface area contributed by atoms with Crippen molar-refractivity contribution in [3.63, 3.8) is 0 Å². The van der Waals surface area contributed by atoms with E-state index in [4.69, 9.17) is 11.6 Å². The molecule has 2 rings (SSSR count).